The van der Waals surface area contributed by atoms with Crippen LogP contribution in [0.1, 0.15) is 58.8 Å². The molecule has 4 aromatic carbocycles. The summed E-state index contributed by atoms with van der Waals surface area (Å²) in [5.41, 5.74) is 2.78. The van der Waals surface area contributed by atoms with Crippen LogP contribution >= 0.6 is 0 Å². The van der Waals surface area contributed by atoms with Gasteiger partial charge in [-0.15, -0.1) is 0 Å². The first kappa shape index (κ1) is 34.6. The molecule has 0 aliphatic carbocycles. The lowest BCUT2D eigenvalue weighted by Gasteiger charge is -2.38. The second-order valence-corrected chi connectivity index (χ2v) is 12.1. The highest BCUT2D eigenvalue weighted by Crippen LogP contribution is 2.38. The fourth-order valence-corrected chi connectivity index (χ4v) is 5.91. The predicted octanol–water partition coefficient (Wildman–Crippen LogP) is 6.10. The largest absolute Gasteiger partial charge is 0.507 e. The van der Waals surface area contributed by atoms with Gasteiger partial charge in [-0.05, 0) is 68.1 Å². The van der Waals surface area contributed by atoms with Crippen LogP contribution in [0.15, 0.2) is 103 Å². The molecular formula is C35H39NO9S. The van der Waals surface area contributed by atoms with E-state index >= 15 is 0 Å². The molecule has 2 aliphatic heterocycles. The Hall–Kier alpha value is -4.26. The average molecular weight is 650 g/mol. The van der Waals surface area contributed by atoms with Crippen molar-refractivity contribution in [2.45, 2.75) is 50.0 Å². The number of benzene rings is 4. The van der Waals surface area contributed by atoms with E-state index in [1.54, 1.807) is 18.2 Å². The van der Waals surface area contributed by atoms with E-state index in [1.807, 2.05) is 0 Å². The second-order valence-electron chi connectivity index (χ2n) is 11.2. The third-order valence-corrected chi connectivity index (χ3v) is 8.19. The summed E-state index contributed by atoms with van der Waals surface area (Å²) in [7, 11) is -0.913. The number of methoxy groups -OCH3 is 1. The van der Waals surface area contributed by atoms with Crippen molar-refractivity contribution in [1.82, 2.24) is 4.90 Å². The van der Waals surface area contributed by atoms with Crippen LogP contribution in [0.4, 0.5) is 0 Å². The van der Waals surface area contributed by atoms with Crippen LogP contribution in [0.25, 0.3) is 0 Å². The van der Waals surface area contributed by atoms with Gasteiger partial charge in [0.05, 0.1) is 24.3 Å². The highest BCUT2D eigenvalue weighted by molar-refractivity contribution is 7.79. The summed E-state index contributed by atoms with van der Waals surface area (Å²) in [5.74, 6) is -0.269. The number of phenols is 2. The molecule has 0 amide bonds. The van der Waals surface area contributed by atoms with E-state index in [1.165, 1.54) is 68.2 Å². The molecule has 244 valence electrons. The van der Waals surface area contributed by atoms with Gasteiger partial charge in [0.2, 0.25) is 0 Å². The number of carbonyl (C=O) groups is 1. The maximum Gasteiger partial charge on any atom is 0.394 e. The molecule has 2 atom stereocenters. The number of aromatic hydroxyl groups is 2. The first-order valence-corrected chi connectivity index (χ1v) is 16.2. The fourth-order valence-electron chi connectivity index (χ4n) is 5.91. The number of ketones is 1. The monoisotopic (exact) mass is 649 g/mol. The number of rotatable bonds is 7. The lowest BCUT2D eigenvalue weighted by molar-refractivity contribution is -0.0426. The van der Waals surface area contributed by atoms with Gasteiger partial charge in [-0.25, -0.2) is 0 Å². The number of nitrogens with zero attached hydrogens (tertiary/aromatic N) is 1. The van der Waals surface area contributed by atoms with Gasteiger partial charge in [-0.1, -0.05) is 72.8 Å². The van der Waals surface area contributed by atoms with E-state index in [0.717, 1.165) is 0 Å². The number of carbonyl (C=O) groups excluding carboxylic acids is 1. The second kappa shape index (κ2) is 15.8. The third kappa shape index (κ3) is 9.62. The van der Waals surface area contributed by atoms with Crippen LogP contribution in [0.5, 0.6) is 17.2 Å². The number of hydrogen-bond acceptors (Lipinski definition) is 8. The Kier molecular flexibility index (Phi) is 11.9. The van der Waals surface area contributed by atoms with Gasteiger partial charge >= 0.3 is 10.4 Å². The van der Waals surface area contributed by atoms with Crippen LogP contribution in [-0.4, -0.2) is 70.8 Å². The first-order chi connectivity index (χ1) is 21.9. The van der Waals surface area contributed by atoms with Crippen molar-refractivity contribution in [3.05, 3.63) is 125 Å². The zero-order chi connectivity index (χ0) is 33.3. The molecule has 2 bridgehead atoms. The molecule has 2 saturated heterocycles. The molecule has 0 saturated carbocycles. The van der Waals surface area contributed by atoms with Crippen LogP contribution < -0.4 is 4.74 Å². The number of ether oxygens (including phenoxy) is 2. The van der Waals surface area contributed by atoms with Crippen molar-refractivity contribution in [1.29, 1.82) is 0 Å². The van der Waals surface area contributed by atoms with Crippen LogP contribution in [0.2, 0.25) is 0 Å². The molecule has 2 fully saturated rings. The molecule has 2 aliphatic rings. The van der Waals surface area contributed by atoms with Gasteiger partial charge < -0.3 is 24.6 Å². The SMILES string of the molecule is CN1C2CCC1CC(OC(c1ccccc1)c1ccccc1)C2.COc1ccc(C(=O)c2ccccc2O)c(O)c1.O=S(=O)(O)O. The van der Waals surface area contributed by atoms with Gasteiger partial charge in [-0.2, -0.15) is 8.42 Å². The molecule has 0 aromatic heterocycles. The topological polar surface area (TPSA) is 154 Å². The van der Waals surface area contributed by atoms with Crippen molar-refractivity contribution in [2.24, 2.45) is 0 Å². The summed E-state index contributed by atoms with van der Waals surface area (Å²) >= 11 is 0. The zero-order valence-corrected chi connectivity index (χ0v) is 26.5. The van der Waals surface area contributed by atoms with Crippen molar-refractivity contribution in [3.63, 3.8) is 0 Å². The molecule has 2 unspecified atom stereocenters. The Balaban J connectivity index is 0.000000187. The minimum Gasteiger partial charge on any atom is -0.507 e. The van der Waals surface area contributed by atoms with Crippen LogP contribution in [0, 0.1) is 0 Å². The summed E-state index contributed by atoms with van der Waals surface area (Å²) in [5, 5.41) is 19.4. The Labute approximate surface area is 269 Å². The lowest BCUT2D eigenvalue weighted by Crippen LogP contribution is -2.43. The molecule has 0 radical (unpaired) electrons. The summed E-state index contributed by atoms with van der Waals surface area (Å²) in [6.07, 6.45) is 5.43. The summed E-state index contributed by atoms with van der Waals surface area (Å²) in [6, 6.07) is 33.3. The molecule has 4 aromatic rings. The molecular weight excluding hydrogens is 610 g/mol. The average Bonchev–Trinajstić information content (AvgIpc) is 3.23. The normalized spacial score (nSPS) is 18.9. The Morgan fingerprint density at radius 3 is 1.72 bits per heavy atom. The molecule has 2 heterocycles. The maximum absolute atomic E-state index is 12.1. The summed E-state index contributed by atoms with van der Waals surface area (Å²) in [4.78, 5) is 14.7. The quantitative estimate of drug-likeness (QED) is 0.136. The van der Waals surface area contributed by atoms with E-state index in [0.29, 0.717) is 23.9 Å². The highest BCUT2D eigenvalue weighted by Gasteiger charge is 2.39. The van der Waals surface area contributed by atoms with E-state index in [2.05, 4.69) is 72.6 Å². The standard InChI is InChI=1S/C21H25NO.C14H12O4.H2O4S/c1-22-18-12-13-19(22)15-20(14-18)23-21(16-8-4-2-5-9-16)17-10-6-3-7-11-17;1-18-9-6-7-11(13(16)8-9)14(17)10-4-2-3-5-12(10)15;1-5(2,3)4/h2-11,18-21H,12-15H2,1H3;2-8,15-16H,1H3;(H2,1,2,3,4). The molecule has 0 spiro atoms. The van der Waals surface area contributed by atoms with E-state index < -0.39 is 16.2 Å². The first-order valence-electron chi connectivity index (χ1n) is 14.8. The van der Waals surface area contributed by atoms with E-state index in [9.17, 15) is 15.0 Å². The molecule has 4 N–H and O–H groups in total. The number of piperidine rings is 1. The molecule has 46 heavy (non-hydrogen) atoms. The highest BCUT2D eigenvalue weighted by atomic mass is 32.3. The van der Waals surface area contributed by atoms with Gasteiger partial charge in [0.15, 0.2) is 5.78 Å². The van der Waals surface area contributed by atoms with Crippen molar-refractivity contribution in [3.8, 4) is 17.2 Å². The Morgan fingerprint density at radius 2 is 1.24 bits per heavy atom. The zero-order valence-electron chi connectivity index (χ0n) is 25.6. The molecule has 11 heteroatoms. The fraction of sp³-hybridized carbons (Fsp3) is 0.286. The number of fused-ring (bicyclic) bond motifs is 2. The predicted molar refractivity (Wildman–Crippen MR) is 174 cm³/mol. The Bertz CT molecular complexity index is 1620. The summed E-state index contributed by atoms with van der Waals surface area (Å²) < 4.78 is 43.2. The van der Waals surface area contributed by atoms with Crippen molar-refractivity contribution in [2.75, 3.05) is 14.2 Å². The minimum atomic E-state index is -4.67. The molecule has 10 nitrogen and oxygen atoms in total. The molecule has 6 rings (SSSR count). The smallest absolute Gasteiger partial charge is 0.394 e. The van der Waals surface area contributed by atoms with Gasteiger partial charge in [0, 0.05) is 18.2 Å². The van der Waals surface area contributed by atoms with Crippen LogP contribution in [-0.2, 0) is 15.1 Å². The maximum atomic E-state index is 12.1. The van der Waals surface area contributed by atoms with Crippen molar-refractivity contribution >= 4 is 16.2 Å². The Morgan fingerprint density at radius 1 is 0.761 bits per heavy atom. The minimum absolute atomic E-state index is 0.0465. The number of phenolic OH excluding ortho intramolecular Hbond substituents is 2. The number of hydrogen-bond donors (Lipinski definition) is 4. The van der Waals surface area contributed by atoms with E-state index in [-0.39, 0.29) is 28.7 Å². The van der Waals surface area contributed by atoms with Crippen molar-refractivity contribution < 1.29 is 42.0 Å². The van der Waals surface area contributed by atoms with Gasteiger partial charge in [0.1, 0.15) is 23.4 Å². The number of para-hydroxylation sites is 1. The summed E-state index contributed by atoms with van der Waals surface area (Å²) in [6.45, 7) is 0. The third-order valence-electron chi connectivity index (χ3n) is 8.19. The lowest BCUT2D eigenvalue weighted by atomic mass is 9.97. The van der Waals surface area contributed by atoms with Gasteiger partial charge in [0.25, 0.3) is 0 Å². The van der Waals surface area contributed by atoms with Gasteiger partial charge in [-0.3, -0.25) is 13.9 Å². The van der Waals surface area contributed by atoms with E-state index in [4.69, 9.17) is 27.0 Å². The van der Waals surface area contributed by atoms with Crippen LogP contribution in [0.3, 0.4) is 0 Å².